The molecule has 8 heteroatoms. The molecule has 0 aromatic heterocycles. The number of anilines is 2. The second-order valence-electron chi connectivity index (χ2n) is 7.56. The van der Waals surface area contributed by atoms with Crippen molar-refractivity contribution < 1.29 is 17.9 Å². The number of piperazine rings is 1. The zero-order chi connectivity index (χ0) is 22.4. The molecule has 1 aliphatic rings. The fourth-order valence-electron chi connectivity index (χ4n) is 3.93. The lowest BCUT2D eigenvalue weighted by Gasteiger charge is -2.39. The van der Waals surface area contributed by atoms with Gasteiger partial charge in [0.25, 0.3) is 0 Å². The molecule has 1 saturated heterocycles. The van der Waals surface area contributed by atoms with Crippen LogP contribution in [-0.4, -0.2) is 64.3 Å². The maximum absolute atomic E-state index is 13.4. The molecule has 1 amide bonds. The zero-order valence-electron chi connectivity index (χ0n) is 18.4. The first-order chi connectivity index (χ1) is 14.8. The molecule has 0 spiro atoms. The first kappa shape index (κ1) is 22.9. The highest BCUT2D eigenvalue weighted by Gasteiger charge is 2.35. The van der Waals surface area contributed by atoms with Gasteiger partial charge in [0.05, 0.1) is 18.6 Å². The van der Waals surface area contributed by atoms with Gasteiger partial charge < -0.3 is 14.5 Å². The summed E-state index contributed by atoms with van der Waals surface area (Å²) in [5.74, 6) is 0.505. The van der Waals surface area contributed by atoms with Crippen molar-refractivity contribution in [2.45, 2.75) is 26.3 Å². The quantitative estimate of drug-likeness (QED) is 0.625. The highest BCUT2D eigenvalue weighted by Crippen LogP contribution is 2.26. The third-order valence-electron chi connectivity index (χ3n) is 5.43. The van der Waals surface area contributed by atoms with Gasteiger partial charge in [0.15, 0.2) is 0 Å². The van der Waals surface area contributed by atoms with Crippen LogP contribution in [0.25, 0.3) is 0 Å². The minimum atomic E-state index is -3.66. The van der Waals surface area contributed by atoms with Crippen molar-refractivity contribution in [3.05, 3.63) is 54.6 Å². The van der Waals surface area contributed by atoms with E-state index in [0.29, 0.717) is 50.6 Å². The lowest BCUT2D eigenvalue weighted by molar-refractivity contribution is -0.132. The minimum Gasteiger partial charge on any atom is -0.494 e. The molecule has 0 aliphatic carbocycles. The van der Waals surface area contributed by atoms with E-state index >= 15 is 0 Å². The maximum atomic E-state index is 13.4. The van der Waals surface area contributed by atoms with Crippen molar-refractivity contribution >= 4 is 27.3 Å². The third-order valence-corrected chi connectivity index (χ3v) is 6.61. The number of ether oxygens (including phenoxy) is 1. The van der Waals surface area contributed by atoms with E-state index in [2.05, 4.69) is 17.0 Å². The topological polar surface area (TPSA) is 70.2 Å². The second-order valence-corrected chi connectivity index (χ2v) is 9.42. The summed E-state index contributed by atoms with van der Waals surface area (Å²) in [5.41, 5.74) is 1.60. The zero-order valence-corrected chi connectivity index (χ0v) is 19.2. The molecular weight excluding hydrogens is 414 g/mol. The van der Waals surface area contributed by atoms with Crippen LogP contribution >= 0.6 is 0 Å². The average molecular weight is 446 g/mol. The van der Waals surface area contributed by atoms with E-state index in [1.807, 2.05) is 32.0 Å². The first-order valence-electron chi connectivity index (χ1n) is 10.7. The summed E-state index contributed by atoms with van der Waals surface area (Å²) in [6.45, 7) is 6.81. The van der Waals surface area contributed by atoms with Crippen LogP contribution in [0.15, 0.2) is 54.6 Å². The highest BCUT2D eigenvalue weighted by atomic mass is 32.2. The molecule has 1 heterocycles. The van der Waals surface area contributed by atoms with Crippen molar-refractivity contribution in [1.82, 2.24) is 4.90 Å². The predicted octanol–water partition coefficient (Wildman–Crippen LogP) is 2.98. The van der Waals surface area contributed by atoms with Crippen LogP contribution < -0.4 is 13.9 Å². The summed E-state index contributed by atoms with van der Waals surface area (Å²) in [6, 6.07) is 16.2. The van der Waals surface area contributed by atoms with Gasteiger partial charge in [-0.2, -0.15) is 0 Å². The maximum Gasteiger partial charge on any atom is 0.246 e. The van der Waals surface area contributed by atoms with Crippen molar-refractivity contribution in [3.63, 3.8) is 0 Å². The lowest BCUT2D eigenvalue weighted by atomic mass is 10.1. The van der Waals surface area contributed by atoms with Gasteiger partial charge in [-0.15, -0.1) is 0 Å². The van der Waals surface area contributed by atoms with E-state index < -0.39 is 16.1 Å². The number of carbonyl (C=O) groups is 1. The Labute approximate surface area is 185 Å². The fraction of sp³-hybridized carbons (Fsp3) is 0.435. The highest BCUT2D eigenvalue weighted by molar-refractivity contribution is 7.92. The lowest BCUT2D eigenvalue weighted by Crippen LogP contribution is -2.56. The molecule has 0 unspecified atom stereocenters. The van der Waals surface area contributed by atoms with Gasteiger partial charge in [-0.25, -0.2) is 8.42 Å². The van der Waals surface area contributed by atoms with Crippen LogP contribution in [0.5, 0.6) is 5.75 Å². The van der Waals surface area contributed by atoms with Gasteiger partial charge >= 0.3 is 0 Å². The van der Waals surface area contributed by atoms with E-state index in [9.17, 15) is 13.2 Å². The van der Waals surface area contributed by atoms with Crippen LogP contribution in [0.2, 0.25) is 0 Å². The molecule has 7 nitrogen and oxygen atoms in total. The summed E-state index contributed by atoms with van der Waals surface area (Å²) < 4.78 is 32.1. The minimum absolute atomic E-state index is 0.158. The molecule has 0 N–H and O–H groups in total. The van der Waals surface area contributed by atoms with Crippen molar-refractivity contribution in [2.24, 2.45) is 0 Å². The van der Waals surface area contributed by atoms with Crippen LogP contribution in [0.4, 0.5) is 11.4 Å². The van der Waals surface area contributed by atoms with Crippen molar-refractivity contribution in [2.75, 3.05) is 48.2 Å². The molecule has 1 fully saturated rings. The number of sulfonamides is 1. The monoisotopic (exact) mass is 445 g/mol. The van der Waals surface area contributed by atoms with Gasteiger partial charge in [0.2, 0.25) is 15.9 Å². The SMILES string of the molecule is CCOc1ccc(N([C@@H](CC)C(=O)N2CCN(c3ccccc3)CC2)S(C)(=O)=O)cc1. The Bertz CT molecular complexity index is 956. The molecule has 0 radical (unpaired) electrons. The number of carbonyl (C=O) groups excluding carboxylic acids is 1. The van der Waals surface area contributed by atoms with E-state index in [1.54, 1.807) is 29.2 Å². The number of nitrogens with zero attached hydrogens (tertiary/aromatic N) is 3. The Kier molecular flexibility index (Phi) is 7.43. The number of benzene rings is 2. The molecule has 0 bridgehead atoms. The summed E-state index contributed by atoms with van der Waals surface area (Å²) in [5, 5.41) is 0. The van der Waals surface area contributed by atoms with Gasteiger partial charge in [0, 0.05) is 31.9 Å². The molecular formula is C23H31N3O4S. The van der Waals surface area contributed by atoms with E-state index in [4.69, 9.17) is 4.74 Å². The average Bonchev–Trinajstić information content (AvgIpc) is 2.78. The Morgan fingerprint density at radius 2 is 1.61 bits per heavy atom. The van der Waals surface area contributed by atoms with Gasteiger partial charge in [-0.1, -0.05) is 25.1 Å². The Morgan fingerprint density at radius 1 is 1.00 bits per heavy atom. The number of para-hydroxylation sites is 1. The summed E-state index contributed by atoms with van der Waals surface area (Å²) in [4.78, 5) is 17.4. The van der Waals surface area contributed by atoms with Crippen molar-refractivity contribution in [3.8, 4) is 5.75 Å². The Balaban J connectivity index is 1.77. The van der Waals surface area contributed by atoms with Crippen LogP contribution in [0.1, 0.15) is 20.3 Å². The van der Waals surface area contributed by atoms with Crippen LogP contribution in [0.3, 0.4) is 0 Å². The predicted molar refractivity (Wildman–Crippen MR) is 124 cm³/mol. The summed E-state index contributed by atoms with van der Waals surface area (Å²) in [7, 11) is -3.66. The molecule has 2 aromatic rings. The standard InChI is InChI=1S/C23H31N3O4S/c1-4-22(26(31(3,28)29)20-11-13-21(14-12-20)30-5-2)23(27)25-17-15-24(16-18-25)19-9-7-6-8-10-19/h6-14,22H,4-5,15-18H2,1-3H3/t22-/m0/s1. The molecule has 31 heavy (non-hydrogen) atoms. The fourth-order valence-corrected chi connectivity index (χ4v) is 5.14. The molecule has 3 rings (SSSR count). The smallest absolute Gasteiger partial charge is 0.246 e. The number of amides is 1. The summed E-state index contributed by atoms with van der Waals surface area (Å²) in [6.07, 6.45) is 1.53. The number of hydrogen-bond donors (Lipinski definition) is 0. The van der Waals surface area contributed by atoms with Crippen LogP contribution in [-0.2, 0) is 14.8 Å². The molecule has 2 aromatic carbocycles. The molecule has 0 saturated carbocycles. The third kappa shape index (κ3) is 5.50. The van der Waals surface area contributed by atoms with E-state index in [1.165, 1.54) is 4.31 Å². The largest absolute Gasteiger partial charge is 0.494 e. The second kappa shape index (κ2) is 10.0. The normalized spacial score (nSPS) is 15.5. The van der Waals surface area contributed by atoms with Gasteiger partial charge in [-0.05, 0) is 49.7 Å². The number of rotatable bonds is 8. The summed E-state index contributed by atoms with van der Waals surface area (Å²) >= 11 is 0. The molecule has 1 atom stereocenters. The molecule has 1 aliphatic heterocycles. The van der Waals surface area contributed by atoms with Gasteiger partial charge in [-0.3, -0.25) is 9.10 Å². The van der Waals surface area contributed by atoms with E-state index in [0.717, 1.165) is 11.9 Å². The Morgan fingerprint density at radius 3 is 2.13 bits per heavy atom. The van der Waals surface area contributed by atoms with Crippen LogP contribution in [0, 0.1) is 0 Å². The first-order valence-corrected chi connectivity index (χ1v) is 12.5. The van der Waals surface area contributed by atoms with Gasteiger partial charge in [0.1, 0.15) is 11.8 Å². The van der Waals surface area contributed by atoms with E-state index in [-0.39, 0.29) is 5.91 Å². The number of hydrogen-bond acceptors (Lipinski definition) is 5. The van der Waals surface area contributed by atoms with Crippen molar-refractivity contribution in [1.29, 1.82) is 0 Å². The molecule has 168 valence electrons. The Hall–Kier alpha value is -2.74.